The Bertz CT molecular complexity index is 160. The van der Waals surface area contributed by atoms with Crippen molar-refractivity contribution in [3.8, 4) is 0 Å². The molecule has 0 saturated heterocycles. The van der Waals surface area contributed by atoms with Gasteiger partial charge in [0.1, 0.15) is 0 Å². The first-order chi connectivity index (χ1) is 7.52. The van der Waals surface area contributed by atoms with Crippen molar-refractivity contribution in [2.24, 2.45) is 0 Å². The van der Waals surface area contributed by atoms with E-state index in [0.717, 1.165) is 19.7 Å². The van der Waals surface area contributed by atoms with E-state index in [-0.39, 0.29) is 0 Å². The van der Waals surface area contributed by atoms with Crippen molar-refractivity contribution in [3.63, 3.8) is 0 Å². The molecule has 0 radical (unpaired) electrons. The number of nitrogens with zero attached hydrogens (tertiary/aromatic N) is 1. The van der Waals surface area contributed by atoms with Crippen LogP contribution in [0.2, 0.25) is 0 Å². The van der Waals surface area contributed by atoms with Gasteiger partial charge in [0.25, 0.3) is 0 Å². The summed E-state index contributed by atoms with van der Waals surface area (Å²) in [5.74, 6) is 0. The maximum atomic E-state index is 5.33. The number of nitrogens with one attached hydrogen (secondary N) is 1. The number of hydrogen-bond acceptors (Lipinski definition) is 3. The zero-order valence-corrected chi connectivity index (χ0v) is 11.9. The second kappa shape index (κ2) is 8.97. The molecule has 1 unspecified atom stereocenters. The van der Waals surface area contributed by atoms with Crippen LogP contribution in [0.15, 0.2) is 0 Å². The Kier molecular flexibility index (Phi) is 8.90. The standard InChI is InChI=1S/C13H30N2O/c1-7-8-15(12(4)5)13(10-16-6)9-14-11(2)3/h11-14H,7-10H2,1-6H3. The minimum atomic E-state index is 0.479. The van der Waals surface area contributed by atoms with Crippen LogP contribution in [-0.4, -0.2) is 49.8 Å². The lowest BCUT2D eigenvalue weighted by Crippen LogP contribution is -2.49. The summed E-state index contributed by atoms with van der Waals surface area (Å²) in [4.78, 5) is 2.53. The van der Waals surface area contributed by atoms with Gasteiger partial charge in [-0.1, -0.05) is 20.8 Å². The van der Waals surface area contributed by atoms with Crippen molar-refractivity contribution < 1.29 is 4.74 Å². The number of rotatable bonds is 9. The fraction of sp³-hybridized carbons (Fsp3) is 1.00. The average Bonchev–Trinajstić information content (AvgIpc) is 2.20. The summed E-state index contributed by atoms with van der Waals surface area (Å²) in [5, 5.41) is 3.50. The quantitative estimate of drug-likeness (QED) is 0.656. The van der Waals surface area contributed by atoms with E-state index in [1.54, 1.807) is 7.11 Å². The average molecular weight is 230 g/mol. The lowest BCUT2D eigenvalue weighted by molar-refractivity contribution is 0.0684. The smallest absolute Gasteiger partial charge is 0.0630 e. The summed E-state index contributed by atoms with van der Waals surface area (Å²) in [6.45, 7) is 14.1. The number of methoxy groups -OCH3 is 1. The zero-order valence-electron chi connectivity index (χ0n) is 11.9. The van der Waals surface area contributed by atoms with E-state index in [1.165, 1.54) is 6.42 Å². The summed E-state index contributed by atoms with van der Waals surface area (Å²) < 4.78 is 5.33. The molecule has 0 aromatic carbocycles. The van der Waals surface area contributed by atoms with Crippen LogP contribution >= 0.6 is 0 Å². The second-order valence-electron chi connectivity index (χ2n) is 5.00. The lowest BCUT2D eigenvalue weighted by Gasteiger charge is -2.35. The topological polar surface area (TPSA) is 24.5 Å². The molecule has 1 N–H and O–H groups in total. The van der Waals surface area contributed by atoms with Crippen LogP contribution in [0.5, 0.6) is 0 Å². The Morgan fingerprint density at radius 2 is 1.81 bits per heavy atom. The maximum Gasteiger partial charge on any atom is 0.0630 e. The molecule has 1 atom stereocenters. The van der Waals surface area contributed by atoms with Gasteiger partial charge in [0.2, 0.25) is 0 Å². The van der Waals surface area contributed by atoms with E-state index in [4.69, 9.17) is 4.74 Å². The number of ether oxygens (including phenoxy) is 1. The van der Waals surface area contributed by atoms with E-state index in [9.17, 15) is 0 Å². The minimum Gasteiger partial charge on any atom is -0.383 e. The van der Waals surface area contributed by atoms with Crippen LogP contribution in [-0.2, 0) is 4.74 Å². The molecule has 0 aliphatic carbocycles. The molecule has 98 valence electrons. The molecule has 3 nitrogen and oxygen atoms in total. The molecule has 3 heteroatoms. The van der Waals surface area contributed by atoms with Gasteiger partial charge in [0.05, 0.1) is 6.61 Å². The van der Waals surface area contributed by atoms with Gasteiger partial charge in [0, 0.05) is 31.8 Å². The molecule has 0 bridgehead atoms. The molecule has 0 saturated carbocycles. The van der Waals surface area contributed by atoms with Gasteiger partial charge >= 0.3 is 0 Å². The highest BCUT2D eigenvalue weighted by Gasteiger charge is 2.20. The first kappa shape index (κ1) is 15.9. The predicted molar refractivity (Wildman–Crippen MR) is 70.9 cm³/mol. The SMILES string of the molecule is CCCN(C(C)C)C(CNC(C)C)COC. The Morgan fingerprint density at radius 1 is 1.19 bits per heavy atom. The summed E-state index contributed by atoms with van der Waals surface area (Å²) in [7, 11) is 1.78. The molecular formula is C13H30N2O. The largest absolute Gasteiger partial charge is 0.383 e. The summed E-state index contributed by atoms with van der Waals surface area (Å²) >= 11 is 0. The van der Waals surface area contributed by atoms with Gasteiger partial charge in [-0.3, -0.25) is 4.90 Å². The third-order valence-corrected chi connectivity index (χ3v) is 2.73. The highest BCUT2D eigenvalue weighted by Crippen LogP contribution is 2.07. The molecular weight excluding hydrogens is 200 g/mol. The molecule has 0 amide bonds. The van der Waals surface area contributed by atoms with Crippen LogP contribution < -0.4 is 5.32 Å². The van der Waals surface area contributed by atoms with Crippen LogP contribution in [0.4, 0.5) is 0 Å². The lowest BCUT2D eigenvalue weighted by atomic mass is 10.1. The van der Waals surface area contributed by atoms with Crippen LogP contribution in [0, 0.1) is 0 Å². The Balaban J connectivity index is 4.31. The third kappa shape index (κ3) is 6.46. The van der Waals surface area contributed by atoms with Gasteiger partial charge in [0.15, 0.2) is 0 Å². The van der Waals surface area contributed by atoms with Crippen LogP contribution in [0.1, 0.15) is 41.0 Å². The summed E-state index contributed by atoms with van der Waals surface area (Å²) in [5.41, 5.74) is 0. The van der Waals surface area contributed by atoms with Crippen molar-refractivity contribution in [2.75, 3.05) is 26.8 Å². The molecule has 0 aromatic heterocycles. The molecule has 0 aliphatic heterocycles. The van der Waals surface area contributed by atoms with Crippen molar-refractivity contribution in [1.29, 1.82) is 0 Å². The molecule has 0 aromatic rings. The Labute approximate surface area is 102 Å². The van der Waals surface area contributed by atoms with E-state index in [1.807, 2.05) is 0 Å². The third-order valence-electron chi connectivity index (χ3n) is 2.73. The monoisotopic (exact) mass is 230 g/mol. The van der Waals surface area contributed by atoms with Crippen molar-refractivity contribution in [2.45, 2.75) is 59.2 Å². The molecule has 0 heterocycles. The highest BCUT2D eigenvalue weighted by atomic mass is 16.5. The van der Waals surface area contributed by atoms with Crippen molar-refractivity contribution in [1.82, 2.24) is 10.2 Å². The van der Waals surface area contributed by atoms with Gasteiger partial charge in [-0.25, -0.2) is 0 Å². The molecule has 0 rings (SSSR count). The highest BCUT2D eigenvalue weighted by molar-refractivity contribution is 4.77. The second-order valence-corrected chi connectivity index (χ2v) is 5.00. The minimum absolute atomic E-state index is 0.479. The van der Waals surface area contributed by atoms with E-state index >= 15 is 0 Å². The van der Waals surface area contributed by atoms with Gasteiger partial charge in [-0.05, 0) is 26.8 Å². The summed E-state index contributed by atoms with van der Waals surface area (Å²) in [6, 6.07) is 1.59. The maximum absolute atomic E-state index is 5.33. The first-order valence-corrected chi connectivity index (χ1v) is 6.50. The summed E-state index contributed by atoms with van der Waals surface area (Å²) in [6.07, 6.45) is 1.19. The van der Waals surface area contributed by atoms with Gasteiger partial charge in [-0.15, -0.1) is 0 Å². The van der Waals surface area contributed by atoms with Crippen molar-refractivity contribution in [3.05, 3.63) is 0 Å². The molecule has 0 fully saturated rings. The molecule has 16 heavy (non-hydrogen) atoms. The van der Waals surface area contributed by atoms with Gasteiger partial charge in [-0.2, -0.15) is 0 Å². The fourth-order valence-electron chi connectivity index (χ4n) is 1.96. The number of hydrogen-bond donors (Lipinski definition) is 1. The normalized spacial score (nSPS) is 14.1. The predicted octanol–water partition coefficient (Wildman–Crippen LogP) is 2.12. The Hall–Kier alpha value is -0.120. The Morgan fingerprint density at radius 3 is 2.19 bits per heavy atom. The molecule has 0 spiro atoms. The first-order valence-electron chi connectivity index (χ1n) is 6.50. The fourth-order valence-corrected chi connectivity index (χ4v) is 1.96. The van der Waals surface area contributed by atoms with E-state index in [2.05, 4.69) is 44.8 Å². The van der Waals surface area contributed by atoms with Crippen LogP contribution in [0.25, 0.3) is 0 Å². The van der Waals surface area contributed by atoms with E-state index in [0.29, 0.717) is 18.1 Å². The van der Waals surface area contributed by atoms with Crippen LogP contribution in [0.3, 0.4) is 0 Å². The zero-order chi connectivity index (χ0) is 12.6. The van der Waals surface area contributed by atoms with E-state index < -0.39 is 0 Å². The van der Waals surface area contributed by atoms with Crippen molar-refractivity contribution >= 4 is 0 Å². The van der Waals surface area contributed by atoms with Gasteiger partial charge < -0.3 is 10.1 Å². The molecule has 0 aliphatic rings.